The predicted molar refractivity (Wildman–Crippen MR) is 61.8 cm³/mol. The molecule has 0 saturated carbocycles. The van der Waals surface area contributed by atoms with Crippen molar-refractivity contribution in [1.82, 2.24) is 0 Å². The highest BCUT2D eigenvalue weighted by Gasteiger charge is 2.10. The topological polar surface area (TPSA) is 0 Å². The summed E-state index contributed by atoms with van der Waals surface area (Å²) < 4.78 is 0. The summed E-state index contributed by atoms with van der Waals surface area (Å²) in [6, 6.07) is 4.57. The Morgan fingerprint density at radius 2 is 1.14 bits per heavy atom. The lowest BCUT2D eigenvalue weighted by molar-refractivity contribution is 0.614. The van der Waals surface area contributed by atoms with Crippen molar-refractivity contribution in [3.05, 3.63) is 34.4 Å². The van der Waals surface area contributed by atoms with Crippen molar-refractivity contribution >= 4 is 0 Å². The van der Waals surface area contributed by atoms with Gasteiger partial charge < -0.3 is 0 Å². The highest BCUT2D eigenvalue weighted by Crippen LogP contribution is 2.25. The van der Waals surface area contributed by atoms with Crippen LogP contribution in [0.25, 0.3) is 0 Å². The summed E-state index contributed by atoms with van der Waals surface area (Å²) in [6.45, 7) is 4.53. The molecule has 0 heteroatoms. The molecule has 0 heterocycles. The van der Waals surface area contributed by atoms with Crippen molar-refractivity contribution in [2.45, 2.75) is 52.4 Å². The molecule has 0 bridgehead atoms. The van der Waals surface area contributed by atoms with Gasteiger partial charge in [-0.05, 0) is 61.8 Å². The highest BCUT2D eigenvalue weighted by molar-refractivity contribution is 5.40. The van der Waals surface area contributed by atoms with Gasteiger partial charge in [-0.2, -0.15) is 0 Å². The first-order valence-electron chi connectivity index (χ1n) is 5.87. The van der Waals surface area contributed by atoms with Crippen molar-refractivity contribution in [2.75, 3.05) is 0 Å². The molecule has 0 N–H and O–H groups in total. The summed E-state index contributed by atoms with van der Waals surface area (Å²) in [7, 11) is 0. The molecule has 1 aliphatic carbocycles. The summed E-state index contributed by atoms with van der Waals surface area (Å²) in [5.74, 6) is 0. The van der Waals surface area contributed by atoms with Crippen LogP contribution >= 0.6 is 0 Å². The molecule has 14 heavy (non-hydrogen) atoms. The van der Waals surface area contributed by atoms with Crippen LogP contribution in [-0.4, -0.2) is 0 Å². The Morgan fingerprint density at radius 3 is 1.57 bits per heavy atom. The van der Waals surface area contributed by atoms with E-state index < -0.39 is 0 Å². The molecule has 0 aliphatic heterocycles. The average Bonchev–Trinajstić information content (AvgIpc) is 2.11. The Hall–Kier alpha value is -0.780. The lowest BCUT2D eigenvalue weighted by Gasteiger charge is -2.18. The zero-order valence-corrected chi connectivity index (χ0v) is 9.40. The van der Waals surface area contributed by atoms with E-state index in [9.17, 15) is 0 Å². The Labute approximate surface area is 87.3 Å². The number of hydrogen-bond acceptors (Lipinski definition) is 0. The van der Waals surface area contributed by atoms with Gasteiger partial charge in [0.25, 0.3) is 0 Å². The van der Waals surface area contributed by atoms with Crippen LogP contribution < -0.4 is 0 Å². The third-order valence-corrected chi connectivity index (χ3v) is 3.50. The summed E-state index contributed by atoms with van der Waals surface area (Å²) >= 11 is 0. The van der Waals surface area contributed by atoms with E-state index in [-0.39, 0.29) is 0 Å². The van der Waals surface area contributed by atoms with Crippen molar-refractivity contribution < 1.29 is 0 Å². The summed E-state index contributed by atoms with van der Waals surface area (Å²) in [5, 5.41) is 0. The Morgan fingerprint density at radius 1 is 0.714 bits per heavy atom. The van der Waals surface area contributed by atoms with Gasteiger partial charge in [-0.25, -0.2) is 0 Å². The molecule has 1 aromatic carbocycles. The lowest BCUT2D eigenvalue weighted by Crippen LogP contribution is -2.04. The minimum atomic E-state index is 1.31. The number of fused-ring (bicyclic) bond motifs is 1. The van der Waals surface area contributed by atoms with Crippen molar-refractivity contribution in [2.24, 2.45) is 0 Å². The second kappa shape index (κ2) is 4.16. The van der Waals surface area contributed by atoms with Crippen LogP contribution in [0.2, 0.25) is 0 Å². The molecule has 0 radical (unpaired) electrons. The van der Waals surface area contributed by atoms with E-state index in [1.165, 1.54) is 49.7 Å². The van der Waals surface area contributed by atoms with E-state index in [0.717, 1.165) is 0 Å². The van der Waals surface area contributed by atoms with E-state index in [4.69, 9.17) is 0 Å². The molecule has 0 fully saturated rings. The second-order valence-corrected chi connectivity index (χ2v) is 4.57. The van der Waals surface area contributed by atoms with Gasteiger partial charge in [-0.1, -0.05) is 25.0 Å². The molecule has 0 amide bonds. The van der Waals surface area contributed by atoms with Crippen LogP contribution in [0.5, 0.6) is 0 Å². The van der Waals surface area contributed by atoms with Gasteiger partial charge in [0.15, 0.2) is 0 Å². The third kappa shape index (κ3) is 1.84. The van der Waals surface area contributed by atoms with E-state index in [1.54, 1.807) is 11.1 Å². The zero-order valence-electron chi connectivity index (χ0n) is 9.40. The Kier molecular flexibility index (Phi) is 2.90. The monoisotopic (exact) mass is 188 g/mol. The number of hydrogen-bond donors (Lipinski definition) is 0. The fourth-order valence-corrected chi connectivity index (χ4v) is 2.58. The molecule has 0 saturated heterocycles. The molecular weight excluding hydrogens is 168 g/mol. The fourth-order valence-electron chi connectivity index (χ4n) is 2.58. The molecule has 1 aliphatic rings. The minimum absolute atomic E-state index is 1.31. The molecule has 0 atom stereocenters. The van der Waals surface area contributed by atoms with Crippen LogP contribution in [-0.2, 0) is 12.8 Å². The maximum atomic E-state index is 2.29. The highest BCUT2D eigenvalue weighted by atomic mass is 14.2. The van der Waals surface area contributed by atoms with Gasteiger partial charge in [0.2, 0.25) is 0 Å². The Balaban J connectivity index is 2.42. The van der Waals surface area contributed by atoms with Crippen LogP contribution in [0.1, 0.15) is 47.9 Å². The van der Waals surface area contributed by atoms with Gasteiger partial charge in [-0.15, -0.1) is 0 Å². The number of rotatable bonds is 0. The molecular formula is C14H20. The first kappa shape index (κ1) is 9.76. The largest absolute Gasteiger partial charge is 0.0588 e. The van der Waals surface area contributed by atoms with Crippen molar-refractivity contribution in [3.63, 3.8) is 0 Å². The standard InChI is InChI=1S/C14H20/c1-11-9-10-12(2)14-8-6-4-3-5-7-13(11)14/h9-10H,3-8H2,1-2H3. The maximum absolute atomic E-state index is 2.29. The maximum Gasteiger partial charge on any atom is -0.0273 e. The molecule has 0 nitrogen and oxygen atoms in total. The quantitative estimate of drug-likeness (QED) is 0.578. The summed E-state index contributed by atoms with van der Waals surface area (Å²) in [5.41, 5.74) is 6.33. The van der Waals surface area contributed by atoms with E-state index in [2.05, 4.69) is 26.0 Å². The SMILES string of the molecule is Cc1ccc(C)c2c1CCCCCC2. The van der Waals surface area contributed by atoms with Gasteiger partial charge >= 0.3 is 0 Å². The minimum Gasteiger partial charge on any atom is -0.0588 e. The molecule has 0 unspecified atom stereocenters. The van der Waals surface area contributed by atoms with E-state index in [1.807, 2.05) is 0 Å². The second-order valence-electron chi connectivity index (χ2n) is 4.57. The average molecular weight is 188 g/mol. The molecule has 0 aromatic heterocycles. The van der Waals surface area contributed by atoms with Crippen LogP contribution in [0.3, 0.4) is 0 Å². The summed E-state index contributed by atoms with van der Waals surface area (Å²) in [4.78, 5) is 0. The van der Waals surface area contributed by atoms with Crippen molar-refractivity contribution in [1.29, 1.82) is 0 Å². The lowest BCUT2D eigenvalue weighted by atomic mass is 9.88. The van der Waals surface area contributed by atoms with Gasteiger partial charge in [-0.3, -0.25) is 0 Å². The molecule has 1 aromatic rings. The van der Waals surface area contributed by atoms with Crippen molar-refractivity contribution in [3.8, 4) is 0 Å². The van der Waals surface area contributed by atoms with Gasteiger partial charge in [0.05, 0.1) is 0 Å². The number of benzene rings is 1. The first-order valence-corrected chi connectivity index (χ1v) is 5.87. The Bertz CT molecular complexity index is 290. The van der Waals surface area contributed by atoms with Gasteiger partial charge in [0.1, 0.15) is 0 Å². The summed E-state index contributed by atoms with van der Waals surface area (Å²) in [6.07, 6.45) is 8.24. The van der Waals surface area contributed by atoms with Crippen LogP contribution in [0, 0.1) is 13.8 Å². The van der Waals surface area contributed by atoms with E-state index >= 15 is 0 Å². The normalized spacial score (nSPS) is 17.0. The molecule has 76 valence electrons. The van der Waals surface area contributed by atoms with Gasteiger partial charge in [0, 0.05) is 0 Å². The molecule has 2 rings (SSSR count). The first-order chi connectivity index (χ1) is 6.79. The smallest absolute Gasteiger partial charge is 0.0273 e. The molecule has 0 spiro atoms. The number of aryl methyl sites for hydroxylation is 2. The zero-order chi connectivity index (χ0) is 9.97. The predicted octanol–water partition coefficient (Wildman–Crippen LogP) is 3.96. The van der Waals surface area contributed by atoms with Crippen LogP contribution in [0.4, 0.5) is 0 Å². The third-order valence-electron chi connectivity index (χ3n) is 3.50. The fraction of sp³-hybridized carbons (Fsp3) is 0.571. The van der Waals surface area contributed by atoms with Crippen LogP contribution in [0.15, 0.2) is 12.1 Å². The van der Waals surface area contributed by atoms with E-state index in [0.29, 0.717) is 0 Å².